The molecule has 8 heteroatoms. The minimum Gasteiger partial charge on any atom is -0.376 e. The Labute approximate surface area is 179 Å². The van der Waals surface area contributed by atoms with Crippen LogP contribution in [0.4, 0.5) is 18.9 Å². The average molecular weight is 442 g/mol. The lowest BCUT2D eigenvalue weighted by atomic mass is 10.0. The molecule has 0 radical (unpaired) electrons. The van der Waals surface area contributed by atoms with E-state index in [1.807, 2.05) is 13.8 Å². The summed E-state index contributed by atoms with van der Waals surface area (Å²) in [5.74, 6) is -2.51. The maximum absolute atomic E-state index is 14.5. The molecule has 1 unspecified atom stereocenters. The zero-order valence-electron chi connectivity index (χ0n) is 17.6. The first-order valence-corrected chi connectivity index (χ1v) is 12.0. The van der Waals surface area contributed by atoms with Gasteiger partial charge in [-0.05, 0) is 37.8 Å². The van der Waals surface area contributed by atoms with Gasteiger partial charge in [0.1, 0.15) is 17.0 Å². The molecule has 2 N–H and O–H groups in total. The Morgan fingerprint density at radius 3 is 2.57 bits per heavy atom. The van der Waals surface area contributed by atoms with E-state index in [1.54, 1.807) is 11.8 Å². The summed E-state index contributed by atoms with van der Waals surface area (Å²) in [4.78, 5) is 19.4. The second-order valence-corrected chi connectivity index (χ2v) is 9.07. The Morgan fingerprint density at radius 2 is 1.90 bits per heavy atom. The van der Waals surface area contributed by atoms with Crippen molar-refractivity contribution in [3.05, 3.63) is 34.1 Å². The second-order valence-electron chi connectivity index (χ2n) is 7.79. The summed E-state index contributed by atoms with van der Waals surface area (Å²) in [6.07, 6.45) is 6.66. The molecule has 1 aromatic carbocycles. The molecule has 0 spiro atoms. The third kappa shape index (κ3) is 5.31. The highest BCUT2D eigenvalue weighted by atomic mass is 32.2. The summed E-state index contributed by atoms with van der Waals surface area (Å²) in [5.41, 5.74) is -0.0909. The van der Waals surface area contributed by atoms with Crippen LogP contribution in [0.3, 0.4) is 0 Å². The first-order chi connectivity index (χ1) is 14.4. The molecule has 0 aliphatic heterocycles. The molecule has 0 bridgehead atoms. The molecular formula is C22H30F3N3OS. The van der Waals surface area contributed by atoms with Crippen molar-refractivity contribution in [2.75, 3.05) is 5.32 Å². The average Bonchev–Trinajstić information content (AvgIpc) is 3.06. The van der Waals surface area contributed by atoms with E-state index in [2.05, 4.69) is 15.3 Å². The largest absolute Gasteiger partial charge is 0.376 e. The van der Waals surface area contributed by atoms with Crippen molar-refractivity contribution in [2.24, 2.45) is 0 Å². The molecular weight excluding hydrogens is 411 g/mol. The van der Waals surface area contributed by atoms with E-state index >= 15 is 0 Å². The van der Waals surface area contributed by atoms with Crippen LogP contribution in [0.25, 0.3) is 10.9 Å². The van der Waals surface area contributed by atoms with Gasteiger partial charge in [-0.15, -0.1) is 0 Å². The molecule has 4 rings (SSSR count). The molecule has 2 fully saturated rings. The maximum Gasteiger partial charge on any atom is 0.267 e. The summed E-state index contributed by atoms with van der Waals surface area (Å²) in [5, 5.41) is 3.17. The number of anilines is 1. The predicted octanol–water partition coefficient (Wildman–Crippen LogP) is 6.25. The lowest BCUT2D eigenvalue weighted by molar-refractivity contribution is -0.000593. The summed E-state index contributed by atoms with van der Waals surface area (Å²) < 4.78 is 42.3. The monoisotopic (exact) mass is 441 g/mol. The van der Waals surface area contributed by atoms with Gasteiger partial charge in [-0.25, -0.2) is 18.2 Å². The molecule has 30 heavy (non-hydrogen) atoms. The SMILES string of the molecule is CC.O=c1[nH]c(CSC2CCCCC2)nc2cc(NC3CCCC3(F)F)cc(F)c12. The van der Waals surface area contributed by atoms with Crippen molar-refractivity contribution in [1.82, 2.24) is 9.97 Å². The van der Waals surface area contributed by atoms with Crippen LogP contribution in [-0.2, 0) is 5.75 Å². The molecule has 1 atom stereocenters. The molecule has 1 aromatic heterocycles. The molecule has 0 saturated heterocycles. The van der Waals surface area contributed by atoms with Gasteiger partial charge in [0.05, 0.1) is 17.3 Å². The van der Waals surface area contributed by atoms with E-state index in [0.29, 0.717) is 29.7 Å². The Kier molecular flexibility index (Phi) is 7.71. The van der Waals surface area contributed by atoms with E-state index in [1.165, 1.54) is 38.2 Å². The molecule has 2 aliphatic carbocycles. The molecule has 0 amide bonds. The van der Waals surface area contributed by atoms with Crippen LogP contribution in [0.1, 0.15) is 71.0 Å². The van der Waals surface area contributed by atoms with Crippen molar-refractivity contribution < 1.29 is 13.2 Å². The van der Waals surface area contributed by atoms with Crippen molar-refractivity contribution in [3.8, 4) is 0 Å². The van der Waals surface area contributed by atoms with Gasteiger partial charge >= 0.3 is 0 Å². The second kappa shape index (κ2) is 10.1. The number of benzene rings is 1. The Morgan fingerprint density at radius 1 is 1.17 bits per heavy atom. The first kappa shape index (κ1) is 23.0. The topological polar surface area (TPSA) is 57.8 Å². The van der Waals surface area contributed by atoms with Gasteiger partial charge in [-0.3, -0.25) is 4.79 Å². The minimum absolute atomic E-state index is 0.129. The van der Waals surface area contributed by atoms with E-state index in [9.17, 15) is 18.0 Å². The van der Waals surface area contributed by atoms with E-state index in [0.717, 1.165) is 6.07 Å². The van der Waals surface area contributed by atoms with E-state index in [4.69, 9.17) is 0 Å². The zero-order chi connectivity index (χ0) is 21.7. The van der Waals surface area contributed by atoms with Gasteiger partial charge in [0.15, 0.2) is 0 Å². The molecule has 4 nitrogen and oxygen atoms in total. The fraction of sp³-hybridized carbons (Fsp3) is 0.636. The summed E-state index contributed by atoms with van der Waals surface area (Å²) in [7, 11) is 0. The summed E-state index contributed by atoms with van der Waals surface area (Å²) >= 11 is 1.76. The third-order valence-electron chi connectivity index (χ3n) is 5.67. The van der Waals surface area contributed by atoms with Crippen LogP contribution in [0.15, 0.2) is 16.9 Å². The van der Waals surface area contributed by atoms with Gasteiger partial charge in [0.2, 0.25) is 0 Å². The normalized spacial score (nSPS) is 21.3. The third-order valence-corrected chi connectivity index (χ3v) is 7.05. The molecule has 1 heterocycles. The maximum atomic E-state index is 14.5. The van der Waals surface area contributed by atoms with Gasteiger partial charge in [0, 0.05) is 17.4 Å². The van der Waals surface area contributed by atoms with Crippen LogP contribution in [0.5, 0.6) is 0 Å². The number of aromatic nitrogens is 2. The number of aromatic amines is 1. The lowest BCUT2D eigenvalue weighted by Crippen LogP contribution is -2.34. The van der Waals surface area contributed by atoms with Crippen LogP contribution in [0.2, 0.25) is 0 Å². The van der Waals surface area contributed by atoms with Crippen LogP contribution < -0.4 is 10.9 Å². The highest BCUT2D eigenvalue weighted by Crippen LogP contribution is 2.37. The van der Waals surface area contributed by atoms with Crippen molar-refractivity contribution in [3.63, 3.8) is 0 Å². The standard InChI is InChI=1S/C20H24F3N3OS.C2H6/c21-14-9-12(24-16-7-4-8-20(16,22)23)10-15-18(14)19(27)26-17(25-15)11-28-13-5-2-1-3-6-13;1-2/h9-10,13,16,24H,1-8,11H2,(H,25,26,27);1-2H3. The Balaban J connectivity index is 0.00000124. The minimum atomic E-state index is -2.81. The number of rotatable bonds is 5. The van der Waals surface area contributed by atoms with Crippen LogP contribution in [-0.4, -0.2) is 27.2 Å². The first-order valence-electron chi connectivity index (χ1n) is 10.9. The number of nitrogens with one attached hydrogen (secondary N) is 2. The van der Waals surface area contributed by atoms with Crippen molar-refractivity contribution in [2.45, 2.75) is 88.2 Å². The molecule has 2 aromatic rings. The van der Waals surface area contributed by atoms with Gasteiger partial charge in [0.25, 0.3) is 11.5 Å². The number of nitrogens with zero attached hydrogens (tertiary/aromatic N) is 1. The smallest absolute Gasteiger partial charge is 0.267 e. The van der Waals surface area contributed by atoms with Gasteiger partial charge in [-0.1, -0.05) is 33.1 Å². The lowest BCUT2D eigenvalue weighted by Gasteiger charge is -2.22. The van der Waals surface area contributed by atoms with Crippen LogP contribution >= 0.6 is 11.8 Å². The fourth-order valence-corrected chi connectivity index (χ4v) is 5.36. The fourth-order valence-electron chi connectivity index (χ4n) is 4.16. The summed E-state index contributed by atoms with van der Waals surface area (Å²) in [6.45, 7) is 4.00. The number of halogens is 3. The quantitative estimate of drug-likeness (QED) is 0.575. The number of fused-ring (bicyclic) bond motifs is 1. The number of hydrogen-bond acceptors (Lipinski definition) is 4. The van der Waals surface area contributed by atoms with E-state index < -0.39 is 23.3 Å². The number of hydrogen-bond donors (Lipinski definition) is 2. The van der Waals surface area contributed by atoms with Gasteiger partial charge < -0.3 is 10.3 Å². The van der Waals surface area contributed by atoms with Gasteiger partial charge in [-0.2, -0.15) is 11.8 Å². The molecule has 166 valence electrons. The highest BCUT2D eigenvalue weighted by Gasteiger charge is 2.43. The number of H-pyrrole nitrogens is 1. The van der Waals surface area contributed by atoms with Crippen LogP contribution in [0, 0.1) is 5.82 Å². The highest BCUT2D eigenvalue weighted by molar-refractivity contribution is 7.99. The molecule has 2 aliphatic rings. The van der Waals surface area contributed by atoms with Crippen molar-refractivity contribution in [1.29, 1.82) is 0 Å². The number of alkyl halides is 2. The summed E-state index contributed by atoms with van der Waals surface area (Å²) in [6, 6.07) is 1.58. The Bertz CT molecular complexity index is 912. The zero-order valence-corrected chi connectivity index (χ0v) is 18.4. The molecule has 2 saturated carbocycles. The predicted molar refractivity (Wildman–Crippen MR) is 118 cm³/mol. The van der Waals surface area contributed by atoms with E-state index in [-0.39, 0.29) is 23.0 Å². The van der Waals surface area contributed by atoms with Crippen molar-refractivity contribution >= 4 is 28.4 Å². The Hall–Kier alpha value is -1.70. The number of thioether (sulfide) groups is 1.